The zero-order chi connectivity index (χ0) is 19.8. The van der Waals surface area contributed by atoms with Gasteiger partial charge in [-0.2, -0.15) is 0 Å². The number of halogens is 1. The van der Waals surface area contributed by atoms with Crippen LogP contribution in [0.4, 0.5) is 4.79 Å². The largest absolute Gasteiger partial charge is 0.350 e. The minimum Gasteiger partial charge on any atom is -0.350 e. The van der Waals surface area contributed by atoms with Crippen LogP contribution in [0.1, 0.15) is 41.6 Å². The first-order valence-corrected chi connectivity index (χ1v) is 10.1. The zero-order valence-electron chi connectivity index (χ0n) is 15.8. The molecule has 28 heavy (non-hydrogen) atoms. The molecule has 2 aromatic carbocycles. The van der Waals surface area contributed by atoms with Gasteiger partial charge in [-0.05, 0) is 30.5 Å². The third-order valence-electron chi connectivity index (χ3n) is 5.35. The van der Waals surface area contributed by atoms with Crippen molar-refractivity contribution in [3.8, 4) is 0 Å². The fourth-order valence-electron chi connectivity index (χ4n) is 3.82. The molecule has 0 saturated heterocycles. The molecule has 3 N–H and O–H groups in total. The van der Waals surface area contributed by atoms with E-state index in [1.54, 1.807) is 24.3 Å². The Morgan fingerprint density at radius 2 is 1.50 bits per heavy atom. The highest BCUT2D eigenvalue weighted by Gasteiger charge is 2.35. The van der Waals surface area contributed by atoms with Gasteiger partial charge in [0.05, 0.1) is 10.6 Å². The summed E-state index contributed by atoms with van der Waals surface area (Å²) in [5, 5.41) is 8.98. The molecule has 2 aromatic rings. The molecular weight excluding hydrogens is 374 g/mol. The lowest BCUT2D eigenvalue weighted by molar-refractivity contribution is 0.0954. The van der Waals surface area contributed by atoms with Gasteiger partial charge in [0.1, 0.15) is 0 Å². The summed E-state index contributed by atoms with van der Waals surface area (Å²) in [6, 6.07) is 17.1. The summed E-state index contributed by atoms with van der Waals surface area (Å²) < 4.78 is 0. The number of amides is 3. The van der Waals surface area contributed by atoms with E-state index in [0.717, 1.165) is 12.8 Å². The number of nitrogens with one attached hydrogen (secondary N) is 3. The van der Waals surface area contributed by atoms with E-state index < -0.39 is 0 Å². The van der Waals surface area contributed by atoms with Crippen LogP contribution in [0.5, 0.6) is 0 Å². The van der Waals surface area contributed by atoms with Crippen LogP contribution in [0.25, 0.3) is 0 Å². The average Bonchev–Trinajstić information content (AvgIpc) is 3.21. The van der Waals surface area contributed by atoms with Crippen LogP contribution < -0.4 is 16.0 Å². The Bertz CT molecular complexity index is 804. The van der Waals surface area contributed by atoms with Crippen LogP contribution in [0.15, 0.2) is 54.6 Å². The SMILES string of the molecule is O=C(NCCNC(=O)c1ccccc1Cl)NCC1(c2ccccc2)CCCC1. The second-order valence-electron chi connectivity index (χ2n) is 7.20. The molecule has 0 aromatic heterocycles. The van der Waals surface area contributed by atoms with Crippen LogP contribution in [-0.2, 0) is 5.41 Å². The van der Waals surface area contributed by atoms with Crippen molar-refractivity contribution in [1.82, 2.24) is 16.0 Å². The van der Waals surface area contributed by atoms with Gasteiger partial charge >= 0.3 is 6.03 Å². The number of carbonyl (C=O) groups excluding carboxylic acids is 2. The Hall–Kier alpha value is -2.53. The molecular formula is C22H26ClN3O2. The maximum Gasteiger partial charge on any atom is 0.314 e. The standard InChI is InChI=1S/C22H26ClN3O2/c23-19-11-5-4-10-18(19)20(27)24-14-15-25-21(28)26-16-22(12-6-7-13-22)17-8-2-1-3-9-17/h1-5,8-11H,6-7,12-16H2,(H,24,27)(H2,25,26,28). The molecule has 1 fully saturated rings. The van der Waals surface area contributed by atoms with Crippen molar-refractivity contribution in [2.45, 2.75) is 31.1 Å². The molecule has 6 heteroatoms. The molecule has 1 aliphatic carbocycles. The van der Waals surface area contributed by atoms with E-state index in [2.05, 4.69) is 40.2 Å². The highest BCUT2D eigenvalue weighted by molar-refractivity contribution is 6.33. The molecule has 1 aliphatic rings. The first-order valence-electron chi connectivity index (χ1n) is 9.71. The smallest absolute Gasteiger partial charge is 0.314 e. The number of rotatable bonds is 7. The van der Waals surface area contributed by atoms with Crippen molar-refractivity contribution >= 4 is 23.5 Å². The van der Waals surface area contributed by atoms with Crippen molar-refractivity contribution in [1.29, 1.82) is 0 Å². The molecule has 0 spiro atoms. The molecule has 5 nitrogen and oxygen atoms in total. The van der Waals surface area contributed by atoms with Crippen molar-refractivity contribution in [2.24, 2.45) is 0 Å². The van der Waals surface area contributed by atoms with Crippen molar-refractivity contribution in [2.75, 3.05) is 19.6 Å². The Balaban J connectivity index is 1.42. The zero-order valence-corrected chi connectivity index (χ0v) is 16.6. The number of benzene rings is 2. The van der Waals surface area contributed by atoms with E-state index in [1.165, 1.54) is 18.4 Å². The van der Waals surface area contributed by atoms with Gasteiger partial charge < -0.3 is 16.0 Å². The Labute approximate surface area is 170 Å². The van der Waals surface area contributed by atoms with Crippen molar-refractivity contribution in [3.63, 3.8) is 0 Å². The normalized spacial score (nSPS) is 15.0. The van der Waals surface area contributed by atoms with Crippen molar-refractivity contribution in [3.05, 3.63) is 70.7 Å². The summed E-state index contributed by atoms with van der Waals surface area (Å²) in [5.74, 6) is -0.248. The molecule has 0 unspecified atom stereocenters. The minimum absolute atomic E-state index is 0.0247. The summed E-state index contributed by atoms with van der Waals surface area (Å²) in [5.41, 5.74) is 1.75. The third kappa shape index (κ3) is 5.04. The van der Waals surface area contributed by atoms with Crippen molar-refractivity contribution < 1.29 is 9.59 Å². The third-order valence-corrected chi connectivity index (χ3v) is 5.68. The lowest BCUT2D eigenvalue weighted by Crippen LogP contribution is -2.45. The number of hydrogen-bond acceptors (Lipinski definition) is 2. The fourth-order valence-corrected chi connectivity index (χ4v) is 4.04. The molecule has 3 amide bonds. The Kier molecular flexibility index (Phi) is 6.93. The van der Waals surface area contributed by atoms with Crippen LogP contribution in [-0.4, -0.2) is 31.6 Å². The monoisotopic (exact) mass is 399 g/mol. The van der Waals surface area contributed by atoms with E-state index in [4.69, 9.17) is 11.6 Å². The summed E-state index contributed by atoms with van der Waals surface area (Å²) >= 11 is 6.01. The predicted molar refractivity (Wildman–Crippen MR) is 112 cm³/mol. The quantitative estimate of drug-likeness (QED) is 0.618. The molecule has 0 heterocycles. The van der Waals surface area contributed by atoms with Gasteiger partial charge in [0.25, 0.3) is 5.91 Å². The van der Waals surface area contributed by atoms with Gasteiger partial charge in [0.2, 0.25) is 0 Å². The lowest BCUT2D eigenvalue weighted by atomic mass is 9.79. The second kappa shape index (κ2) is 9.60. The molecule has 3 rings (SSSR count). The first kappa shape index (κ1) is 20.2. The van der Waals surface area contributed by atoms with E-state index in [0.29, 0.717) is 30.2 Å². The topological polar surface area (TPSA) is 70.2 Å². The summed E-state index contributed by atoms with van der Waals surface area (Å²) in [6.07, 6.45) is 4.55. The minimum atomic E-state index is -0.248. The molecule has 0 aliphatic heterocycles. The van der Waals surface area contributed by atoms with Crippen LogP contribution in [0, 0.1) is 0 Å². The molecule has 0 bridgehead atoms. The molecule has 1 saturated carbocycles. The van der Waals surface area contributed by atoms with Crippen LogP contribution >= 0.6 is 11.6 Å². The van der Waals surface area contributed by atoms with Gasteiger partial charge in [0, 0.05) is 25.0 Å². The summed E-state index contributed by atoms with van der Waals surface area (Å²) in [4.78, 5) is 24.3. The average molecular weight is 400 g/mol. The van der Waals surface area contributed by atoms with Gasteiger partial charge in [-0.25, -0.2) is 4.79 Å². The Morgan fingerprint density at radius 1 is 0.857 bits per heavy atom. The predicted octanol–water partition coefficient (Wildman–Crippen LogP) is 3.88. The fraction of sp³-hybridized carbons (Fsp3) is 0.364. The molecule has 0 atom stereocenters. The summed E-state index contributed by atoms with van der Waals surface area (Å²) in [7, 11) is 0. The van der Waals surface area contributed by atoms with Gasteiger partial charge in [0.15, 0.2) is 0 Å². The van der Waals surface area contributed by atoms with E-state index in [1.807, 2.05) is 6.07 Å². The van der Waals surface area contributed by atoms with E-state index >= 15 is 0 Å². The Morgan fingerprint density at radius 3 is 2.21 bits per heavy atom. The molecule has 0 radical (unpaired) electrons. The van der Waals surface area contributed by atoms with Gasteiger partial charge in [-0.3, -0.25) is 4.79 Å². The number of urea groups is 1. The maximum absolute atomic E-state index is 12.2. The van der Waals surface area contributed by atoms with E-state index in [-0.39, 0.29) is 17.4 Å². The highest BCUT2D eigenvalue weighted by Crippen LogP contribution is 2.40. The summed E-state index contributed by atoms with van der Waals surface area (Å²) in [6.45, 7) is 1.30. The van der Waals surface area contributed by atoms with Gasteiger partial charge in [-0.1, -0.05) is 66.9 Å². The maximum atomic E-state index is 12.2. The highest BCUT2D eigenvalue weighted by atomic mass is 35.5. The van der Waals surface area contributed by atoms with Crippen LogP contribution in [0.2, 0.25) is 5.02 Å². The lowest BCUT2D eigenvalue weighted by Gasteiger charge is -2.30. The second-order valence-corrected chi connectivity index (χ2v) is 7.61. The number of hydrogen-bond donors (Lipinski definition) is 3. The first-order chi connectivity index (χ1) is 13.6. The van der Waals surface area contributed by atoms with E-state index in [9.17, 15) is 9.59 Å². The number of carbonyl (C=O) groups is 2. The van der Waals surface area contributed by atoms with Crippen LogP contribution in [0.3, 0.4) is 0 Å². The molecule has 148 valence electrons. The van der Waals surface area contributed by atoms with Gasteiger partial charge in [-0.15, -0.1) is 0 Å².